The summed E-state index contributed by atoms with van der Waals surface area (Å²) in [6.07, 6.45) is 3.54. The third-order valence-electron chi connectivity index (χ3n) is 8.27. The van der Waals surface area contributed by atoms with Crippen molar-refractivity contribution in [2.45, 2.75) is 64.0 Å². The summed E-state index contributed by atoms with van der Waals surface area (Å²) in [5.41, 5.74) is 9.64. The number of carbonyl (C=O) groups is 3. The van der Waals surface area contributed by atoms with E-state index in [0.717, 1.165) is 41.8 Å². The lowest BCUT2D eigenvalue weighted by Gasteiger charge is -2.37. The largest absolute Gasteiger partial charge is 0.366 e. The second kappa shape index (κ2) is 12.7. The average Bonchev–Trinajstić information content (AvgIpc) is 3.53. The van der Waals surface area contributed by atoms with Gasteiger partial charge in [0.15, 0.2) is 0 Å². The van der Waals surface area contributed by atoms with Gasteiger partial charge in [0.05, 0.1) is 16.3 Å². The zero-order valence-corrected chi connectivity index (χ0v) is 25.5. The molecular formula is C33H41N5O3S. The third-order valence-corrected chi connectivity index (χ3v) is 9.12. The molecule has 3 amide bonds. The summed E-state index contributed by atoms with van der Waals surface area (Å²) >= 11 is 1.45. The van der Waals surface area contributed by atoms with Crippen LogP contribution in [0.15, 0.2) is 60.0 Å². The maximum atomic E-state index is 13.4. The molecule has 4 N–H and O–H groups in total. The first-order valence-corrected chi connectivity index (χ1v) is 15.7. The highest BCUT2D eigenvalue weighted by atomic mass is 32.1. The van der Waals surface area contributed by atoms with Crippen LogP contribution in [-0.2, 0) is 5.41 Å². The highest BCUT2D eigenvalue weighted by Gasteiger charge is 2.26. The predicted octanol–water partition coefficient (Wildman–Crippen LogP) is 5.26. The zero-order valence-electron chi connectivity index (χ0n) is 24.7. The Labute approximate surface area is 252 Å². The summed E-state index contributed by atoms with van der Waals surface area (Å²) in [5, 5.41) is 8.15. The minimum absolute atomic E-state index is 0.0136. The van der Waals surface area contributed by atoms with Gasteiger partial charge in [-0.25, -0.2) is 0 Å². The second-order valence-electron chi connectivity index (χ2n) is 12.4. The Morgan fingerprint density at radius 2 is 1.52 bits per heavy atom. The van der Waals surface area contributed by atoms with Crippen molar-refractivity contribution >= 4 is 40.4 Å². The molecule has 1 aromatic heterocycles. The Morgan fingerprint density at radius 3 is 2.14 bits per heavy atom. The van der Waals surface area contributed by atoms with E-state index >= 15 is 0 Å². The van der Waals surface area contributed by atoms with Crippen molar-refractivity contribution in [3.05, 3.63) is 81.5 Å². The molecule has 0 spiro atoms. The SMILES string of the molecule is CC(C)(C)c1ccc(C(=O)Nc2cc(C(=O)NC3CCC(N)CC3)ccc2N2CCN(C(=O)c3cccs3)CC2)cc1. The summed E-state index contributed by atoms with van der Waals surface area (Å²) in [6, 6.07) is 17.2. The summed E-state index contributed by atoms with van der Waals surface area (Å²) in [7, 11) is 0. The number of thiophene rings is 1. The predicted molar refractivity (Wildman–Crippen MR) is 170 cm³/mol. The molecule has 9 heteroatoms. The van der Waals surface area contributed by atoms with Gasteiger partial charge in [-0.15, -0.1) is 11.3 Å². The van der Waals surface area contributed by atoms with Crippen LogP contribution in [0.25, 0.3) is 0 Å². The van der Waals surface area contributed by atoms with Crippen LogP contribution >= 0.6 is 11.3 Å². The van der Waals surface area contributed by atoms with Crippen molar-refractivity contribution in [2.24, 2.45) is 5.73 Å². The first-order chi connectivity index (χ1) is 20.1. The lowest BCUT2D eigenvalue weighted by Crippen LogP contribution is -2.48. The van der Waals surface area contributed by atoms with Crippen LogP contribution in [0.5, 0.6) is 0 Å². The van der Waals surface area contributed by atoms with E-state index in [9.17, 15) is 14.4 Å². The fourth-order valence-corrected chi connectivity index (χ4v) is 6.30. The summed E-state index contributed by atoms with van der Waals surface area (Å²) < 4.78 is 0. The topological polar surface area (TPSA) is 108 Å². The molecule has 2 aromatic carbocycles. The van der Waals surface area contributed by atoms with Gasteiger partial charge >= 0.3 is 0 Å². The third kappa shape index (κ3) is 7.02. The number of nitrogens with zero attached hydrogens (tertiary/aromatic N) is 2. The van der Waals surface area contributed by atoms with Crippen molar-refractivity contribution in [1.82, 2.24) is 10.2 Å². The van der Waals surface area contributed by atoms with E-state index in [4.69, 9.17) is 5.73 Å². The molecule has 0 bridgehead atoms. The van der Waals surface area contributed by atoms with Crippen LogP contribution in [0, 0.1) is 0 Å². The molecule has 0 unspecified atom stereocenters. The van der Waals surface area contributed by atoms with Crippen LogP contribution in [0.3, 0.4) is 0 Å². The molecule has 1 aliphatic heterocycles. The molecule has 1 saturated heterocycles. The number of carbonyl (C=O) groups excluding carboxylic acids is 3. The smallest absolute Gasteiger partial charge is 0.264 e. The Bertz CT molecular complexity index is 1400. The first-order valence-electron chi connectivity index (χ1n) is 14.8. The molecule has 3 aromatic rings. The van der Waals surface area contributed by atoms with Gasteiger partial charge in [-0.05, 0) is 78.4 Å². The van der Waals surface area contributed by atoms with Crippen LogP contribution in [0.2, 0.25) is 0 Å². The van der Waals surface area contributed by atoms with Gasteiger partial charge < -0.3 is 26.2 Å². The molecular weight excluding hydrogens is 546 g/mol. The van der Waals surface area contributed by atoms with Crippen LogP contribution in [0.1, 0.15) is 82.4 Å². The maximum Gasteiger partial charge on any atom is 0.264 e. The van der Waals surface area contributed by atoms with Gasteiger partial charge in [0.1, 0.15) is 0 Å². The molecule has 1 aliphatic carbocycles. The van der Waals surface area contributed by atoms with Gasteiger partial charge in [0, 0.05) is 49.4 Å². The van der Waals surface area contributed by atoms with Gasteiger partial charge in [0.2, 0.25) is 0 Å². The number of hydrogen-bond acceptors (Lipinski definition) is 6. The fourth-order valence-electron chi connectivity index (χ4n) is 5.61. The quantitative estimate of drug-likeness (QED) is 0.365. The number of benzene rings is 2. The average molecular weight is 588 g/mol. The van der Waals surface area contributed by atoms with E-state index in [1.165, 1.54) is 11.3 Å². The number of nitrogens with one attached hydrogen (secondary N) is 2. The van der Waals surface area contributed by atoms with Gasteiger partial charge in [-0.2, -0.15) is 0 Å². The zero-order chi connectivity index (χ0) is 29.9. The van der Waals surface area contributed by atoms with Crippen molar-refractivity contribution in [3.63, 3.8) is 0 Å². The Balaban J connectivity index is 1.35. The van der Waals surface area contributed by atoms with Gasteiger partial charge in [0.25, 0.3) is 17.7 Å². The van der Waals surface area contributed by atoms with Crippen LogP contribution in [0.4, 0.5) is 11.4 Å². The normalized spacial score (nSPS) is 19.3. The van der Waals surface area contributed by atoms with Crippen molar-refractivity contribution < 1.29 is 14.4 Å². The van der Waals surface area contributed by atoms with Crippen molar-refractivity contribution in [2.75, 3.05) is 36.4 Å². The lowest BCUT2D eigenvalue weighted by atomic mass is 9.86. The number of nitrogens with two attached hydrogens (primary N) is 1. The molecule has 2 heterocycles. The monoisotopic (exact) mass is 587 g/mol. The van der Waals surface area contributed by atoms with E-state index in [0.29, 0.717) is 43.0 Å². The second-order valence-corrected chi connectivity index (χ2v) is 13.3. The Hall–Kier alpha value is -3.69. The van der Waals surface area contributed by atoms with Gasteiger partial charge in [-0.1, -0.05) is 39.0 Å². The highest BCUT2D eigenvalue weighted by Crippen LogP contribution is 2.30. The van der Waals surface area contributed by atoms with Crippen molar-refractivity contribution in [1.29, 1.82) is 0 Å². The first kappa shape index (κ1) is 29.8. The van der Waals surface area contributed by atoms with Crippen molar-refractivity contribution in [3.8, 4) is 0 Å². The van der Waals surface area contributed by atoms with E-state index in [1.54, 1.807) is 6.07 Å². The van der Waals surface area contributed by atoms with Gasteiger partial charge in [-0.3, -0.25) is 14.4 Å². The molecule has 0 radical (unpaired) electrons. The highest BCUT2D eigenvalue weighted by molar-refractivity contribution is 7.12. The number of hydrogen-bond donors (Lipinski definition) is 3. The molecule has 222 valence electrons. The summed E-state index contributed by atoms with van der Waals surface area (Å²) in [5.74, 6) is -0.340. The molecule has 5 rings (SSSR count). The number of amides is 3. The minimum atomic E-state index is -0.234. The molecule has 8 nitrogen and oxygen atoms in total. The minimum Gasteiger partial charge on any atom is -0.366 e. The molecule has 1 saturated carbocycles. The number of piperazine rings is 1. The Kier molecular flexibility index (Phi) is 8.99. The standard InChI is InChI=1S/C33H41N5O3S/c1-33(2,3)24-9-6-22(7-10-24)30(39)36-27-21-23(31(40)35-26-13-11-25(34)12-14-26)8-15-28(27)37-16-18-38(19-17-37)32(41)29-5-4-20-42-29/h4-10,15,20-21,25-26H,11-14,16-19,34H2,1-3H3,(H,35,40)(H,36,39). The van der Waals surface area contributed by atoms with Crippen LogP contribution in [-0.4, -0.2) is 60.9 Å². The molecule has 42 heavy (non-hydrogen) atoms. The molecule has 2 aliphatic rings. The van der Waals surface area contributed by atoms with E-state index in [1.807, 2.05) is 58.8 Å². The number of anilines is 2. The summed E-state index contributed by atoms with van der Waals surface area (Å²) in [6.45, 7) is 8.80. The number of rotatable bonds is 6. The molecule has 2 fully saturated rings. The lowest BCUT2D eigenvalue weighted by molar-refractivity contribution is 0.0751. The fraction of sp³-hybridized carbons (Fsp3) is 0.424. The van der Waals surface area contributed by atoms with E-state index in [2.05, 4.69) is 36.3 Å². The molecule has 0 atom stereocenters. The van der Waals surface area contributed by atoms with E-state index in [-0.39, 0.29) is 35.2 Å². The summed E-state index contributed by atoms with van der Waals surface area (Å²) in [4.78, 5) is 44.3. The maximum absolute atomic E-state index is 13.4. The Morgan fingerprint density at radius 1 is 0.857 bits per heavy atom. The van der Waals surface area contributed by atoms with E-state index < -0.39 is 0 Å². The van der Waals surface area contributed by atoms with Crippen LogP contribution < -0.4 is 21.3 Å².